The van der Waals surface area contributed by atoms with E-state index in [0.29, 0.717) is 12.1 Å². The standard InChI is InChI=1S/C23H24N4O/c28-23(19-6-2-1-3-7-19)25-18-20-8-4-5-9-22(20)27-16-14-26(15-17-27)21-10-12-24-13-11-21/h1-13H,14-18H2,(H,25,28). The molecule has 0 saturated carbocycles. The molecular formula is C23H24N4O. The monoisotopic (exact) mass is 372 g/mol. The summed E-state index contributed by atoms with van der Waals surface area (Å²) in [6.07, 6.45) is 3.68. The predicted molar refractivity (Wildman–Crippen MR) is 113 cm³/mol. The van der Waals surface area contributed by atoms with Gasteiger partial charge < -0.3 is 15.1 Å². The molecule has 2 heterocycles. The highest BCUT2D eigenvalue weighted by molar-refractivity contribution is 5.94. The molecule has 1 amide bonds. The lowest BCUT2D eigenvalue weighted by Crippen LogP contribution is -2.47. The lowest BCUT2D eigenvalue weighted by Gasteiger charge is -2.38. The van der Waals surface area contributed by atoms with Gasteiger partial charge in [0, 0.05) is 62.1 Å². The first kappa shape index (κ1) is 18.0. The number of pyridine rings is 1. The fourth-order valence-electron chi connectivity index (χ4n) is 3.60. The van der Waals surface area contributed by atoms with Crippen molar-refractivity contribution < 1.29 is 4.79 Å². The van der Waals surface area contributed by atoms with Crippen LogP contribution in [0.4, 0.5) is 11.4 Å². The topological polar surface area (TPSA) is 48.5 Å². The molecule has 4 rings (SSSR count). The zero-order chi connectivity index (χ0) is 19.2. The average molecular weight is 372 g/mol. The molecule has 142 valence electrons. The van der Waals surface area contributed by atoms with E-state index in [1.54, 1.807) is 0 Å². The van der Waals surface area contributed by atoms with E-state index < -0.39 is 0 Å². The van der Waals surface area contributed by atoms with Crippen molar-refractivity contribution in [3.05, 3.63) is 90.3 Å². The molecule has 1 N–H and O–H groups in total. The first-order valence-corrected chi connectivity index (χ1v) is 9.62. The van der Waals surface area contributed by atoms with Crippen LogP contribution in [0.3, 0.4) is 0 Å². The smallest absolute Gasteiger partial charge is 0.251 e. The van der Waals surface area contributed by atoms with Gasteiger partial charge in [-0.05, 0) is 35.9 Å². The Morgan fingerprint density at radius 1 is 0.821 bits per heavy atom. The maximum Gasteiger partial charge on any atom is 0.251 e. The van der Waals surface area contributed by atoms with Gasteiger partial charge in [0.15, 0.2) is 0 Å². The van der Waals surface area contributed by atoms with Crippen molar-refractivity contribution in [1.82, 2.24) is 10.3 Å². The van der Waals surface area contributed by atoms with E-state index in [1.807, 2.05) is 48.8 Å². The van der Waals surface area contributed by atoms with Gasteiger partial charge in [0.25, 0.3) is 5.91 Å². The SMILES string of the molecule is O=C(NCc1ccccc1N1CCN(c2ccncc2)CC1)c1ccccc1. The van der Waals surface area contributed by atoms with Crippen molar-refractivity contribution in [1.29, 1.82) is 0 Å². The van der Waals surface area contributed by atoms with Crippen LogP contribution in [0.15, 0.2) is 79.1 Å². The van der Waals surface area contributed by atoms with Crippen molar-refractivity contribution in [2.75, 3.05) is 36.0 Å². The van der Waals surface area contributed by atoms with Crippen LogP contribution in [-0.2, 0) is 6.54 Å². The second-order valence-electron chi connectivity index (χ2n) is 6.86. The van der Waals surface area contributed by atoms with Crippen molar-refractivity contribution in [3.63, 3.8) is 0 Å². The number of piperazine rings is 1. The molecule has 3 aromatic rings. The molecule has 2 aromatic carbocycles. The highest BCUT2D eigenvalue weighted by Gasteiger charge is 2.19. The number of para-hydroxylation sites is 1. The summed E-state index contributed by atoms with van der Waals surface area (Å²) in [5.74, 6) is -0.0436. The Balaban J connectivity index is 1.40. The molecule has 0 atom stereocenters. The third-order valence-corrected chi connectivity index (χ3v) is 5.12. The number of aromatic nitrogens is 1. The number of hydrogen-bond donors (Lipinski definition) is 1. The fourth-order valence-corrected chi connectivity index (χ4v) is 3.60. The Morgan fingerprint density at radius 2 is 1.46 bits per heavy atom. The first-order valence-electron chi connectivity index (χ1n) is 9.62. The molecule has 0 bridgehead atoms. The Hall–Kier alpha value is -3.34. The molecule has 5 heteroatoms. The number of amides is 1. The van der Waals surface area contributed by atoms with E-state index >= 15 is 0 Å². The minimum absolute atomic E-state index is 0.0436. The molecule has 0 spiro atoms. The van der Waals surface area contributed by atoms with Crippen LogP contribution < -0.4 is 15.1 Å². The molecule has 1 fully saturated rings. The minimum Gasteiger partial charge on any atom is -0.368 e. The molecule has 1 saturated heterocycles. The number of anilines is 2. The highest BCUT2D eigenvalue weighted by Crippen LogP contribution is 2.23. The second kappa shape index (κ2) is 8.57. The van der Waals surface area contributed by atoms with E-state index in [-0.39, 0.29) is 5.91 Å². The summed E-state index contributed by atoms with van der Waals surface area (Å²) < 4.78 is 0. The van der Waals surface area contributed by atoms with Gasteiger partial charge in [-0.2, -0.15) is 0 Å². The molecular weight excluding hydrogens is 348 g/mol. The molecule has 1 aliphatic rings. The maximum absolute atomic E-state index is 12.4. The molecule has 0 unspecified atom stereocenters. The van der Waals surface area contributed by atoms with Crippen LogP contribution in [-0.4, -0.2) is 37.1 Å². The van der Waals surface area contributed by atoms with Gasteiger partial charge >= 0.3 is 0 Å². The number of nitrogens with zero attached hydrogens (tertiary/aromatic N) is 3. The Labute approximate surface area is 165 Å². The van der Waals surface area contributed by atoms with Crippen LogP contribution in [0.2, 0.25) is 0 Å². The molecule has 0 radical (unpaired) electrons. The average Bonchev–Trinajstić information content (AvgIpc) is 2.79. The van der Waals surface area contributed by atoms with Crippen LogP contribution in [0.1, 0.15) is 15.9 Å². The van der Waals surface area contributed by atoms with Crippen LogP contribution in [0, 0.1) is 0 Å². The quantitative estimate of drug-likeness (QED) is 0.746. The Bertz CT molecular complexity index is 906. The molecule has 0 aliphatic carbocycles. The van der Waals surface area contributed by atoms with Crippen molar-refractivity contribution in [3.8, 4) is 0 Å². The number of benzene rings is 2. The van der Waals surface area contributed by atoms with E-state index in [0.717, 1.165) is 31.7 Å². The van der Waals surface area contributed by atoms with Gasteiger partial charge in [0.2, 0.25) is 0 Å². The van der Waals surface area contributed by atoms with Gasteiger partial charge in [-0.15, -0.1) is 0 Å². The Morgan fingerprint density at radius 3 is 2.21 bits per heavy atom. The number of carbonyl (C=O) groups is 1. The van der Waals surface area contributed by atoms with Crippen LogP contribution >= 0.6 is 0 Å². The summed E-state index contributed by atoms with van der Waals surface area (Å²) in [6, 6.07) is 21.8. The zero-order valence-corrected chi connectivity index (χ0v) is 15.8. The van der Waals surface area contributed by atoms with Gasteiger partial charge in [-0.25, -0.2) is 0 Å². The number of hydrogen-bond acceptors (Lipinski definition) is 4. The molecule has 1 aromatic heterocycles. The molecule has 5 nitrogen and oxygen atoms in total. The summed E-state index contributed by atoms with van der Waals surface area (Å²) in [5.41, 5.74) is 4.25. The van der Waals surface area contributed by atoms with Crippen molar-refractivity contribution in [2.45, 2.75) is 6.54 Å². The van der Waals surface area contributed by atoms with Gasteiger partial charge in [0.05, 0.1) is 0 Å². The van der Waals surface area contributed by atoms with Gasteiger partial charge in [0.1, 0.15) is 0 Å². The van der Waals surface area contributed by atoms with Crippen molar-refractivity contribution >= 4 is 17.3 Å². The summed E-state index contributed by atoms with van der Waals surface area (Å²) in [5, 5.41) is 3.05. The van der Waals surface area contributed by atoms with E-state index in [4.69, 9.17) is 0 Å². The zero-order valence-electron chi connectivity index (χ0n) is 15.8. The predicted octanol–water partition coefficient (Wildman–Crippen LogP) is 3.34. The van der Waals surface area contributed by atoms with Gasteiger partial charge in [-0.3, -0.25) is 9.78 Å². The largest absolute Gasteiger partial charge is 0.368 e. The lowest BCUT2D eigenvalue weighted by molar-refractivity contribution is 0.0951. The normalized spacial score (nSPS) is 14.0. The highest BCUT2D eigenvalue weighted by atomic mass is 16.1. The van der Waals surface area contributed by atoms with E-state index in [1.165, 1.54) is 11.4 Å². The summed E-state index contributed by atoms with van der Waals surface area (Å²) >= 11 is 0. The third-order valence-electron chi connectivity index (χ3n) is 5.12. The molecule has 1 aliphatic heterocycles. The molecule has 28 heavy (non-hydrogen) atoms. The summed E-state index contributed by atoms with van der Waals surface area (Å²) in [6.45, 7) is 4.36. The second-order valence-corrected chi connectivity index (χ2v) is 6.86. The first-order chi connectivity index (χ1) is 13.8. The number of rotatable bonds is 5. The summed E-state index contributed by atoms with van der Waals surface area (Å²) in [4.78, 5) is 21.3. The number of nitrogens with one attached hydrogen (secondary N) is 1. The van der Waals surface area contributed by atoms with Gasteiger partial charge in [-0.1, -0.05) is 36.4 Å². The fraction of sp³-hybridized carbons (Fsp3) is 0.217. The van der Waals surface area contributed by atoms with E-state index in [9.17, 15) is 4.79 Å². The summed E-state index contributed by atoms with van der Waals surface area (Å²) in [7, 11) is 0. The van der Waals surface area contributed by atoms with Crippen LogP contribution in [0.5, 0.6) is 0 Å². The van der Waals surface area contributed by atoms with Crippen molar-refractivity contribution in [2.24, 2.45) is 0 Å². The van der Waals surface area contributed by atoms with E-state index in [2.05, 4.69) is 50.4 Å². The third kappa shape index (κ3) is 4.14. The number of carbonyl (C=O) groups excluding carboxylic acids is 1. The minimum atomic E-state index is -0.0436. The Kier molecular flexibility index (Phi) is 5.52. The lowest BCUT2D eigenvalue weighted by atomic mass is 10.1. The maximum atomic E-state index is 12.4. The van der Waals surface area contributed by atoms with Crippen LogP contribution in [0.25, 0.3) is 0 Å².